The molecule has 0 amide bonds. The number of benzene rings is 1. The molecule has 1 saturated heterocycles. The zero-order valence-corrected chi connectivity index (χ0v) is 13.1. The number of piperazine rings is 1. The molecule has 6 nitrogen and oxygen atoms in total. The molecule has 2 aliphatic rings. The van der Waals surface area contributed by atoms with Crippen LogP contribution in [0, 0.1) is 0 Å². The van der Waals surface area contributed by atoms with E-state index in [1.165, 1.54) is 0 Å². The first-order valence-corrected chi connectivity index (χ1v) is 7.73. The predicted octanol–water partition coefficient (Wildman–Crippen LogP) is 1.25. The van der Waals surface area contributed by atoms with Gasteiger partial charge in [0.25, 0.3) is 0 Å². The molecule has 7 heteroatoms. The molecule has 0 bridgehead atoms. The van der Waals surface area contributed by atoms with Gasteiger partial charge in [-0.25, -0.2) is 0 Å². The number of rotatable bonds is 3. The second kappa shape index (κ2) is 6.21. The molecule has 2 aliphatic heterocycles. The first kappa shape index (κ1) is 14.6. The minimum atomic E-state index is -0.847. The van der Waals surface area contributed by atoms with Crippen LogP contribution in [-0.2, 0) is 4.79 Å². The van der Waals surface area contributed by atoms with Crippen molar-refractivity contribution in [3.63, 3.8) is 0 Å². The van der Waals surface area contributed by atoms with Crippen LogP contribution in [-0.4, -0.2) is 55.4 Å². The Hall–Kier alpha value is -1.31. The molecule has 1 aromatic rings. The summed E-state index contributed by atoms with van der Waals surface area (Å²) in [6.07, 6.45) is 0. The molecule has 0 aromatic heterocycles. The second-order valence-corrected chi connectivity index (χ2v) is 5.91. The van der Waals surface area contributed by atoms with E-state index in [0.717, 1.165) is 17.6 Å². The summed E-state index contributed by atoms with van der Waals surface area (Å²) < 4.78 is 11.9. The van der Waals surface area contributed by atoms with Gasteiger partial charge in [-0.2, -0.15) is 0 Å². The van der Waals surface area contributed by atoms with Gasteiger partial charge in [0.05, 0.1) is 4.47 Å². The first-order chi connectivity index (χ1) is 10.2. The van der Waals surface area contributed by atoms with Crippen molar-refractivity contribution in [2.45, 2.75) is 6.04 Å². The number of hydrogen-bond acceptors (Lipinski definition) is 5. The number of carboxylic acid groups (broad SMARTS) is 1. The largest absolute Gasteiger partial charge is 0.486 e. The van der Waals surface area contributed by atoms with Crippen molar-refractivity contribution < 1.29 is 19.4 Å². The third kappa shape index (κ3) is 3.00. The molecule has 114 valence electrons. The van der Waals surface area contributed by atoms with Gasteiger partial charge in [0.15, 0.2) is 11.5 Å². The second-order valence-electron chi connectivity index (χ2n) is 5.05. The average molecular weight is 357 g/mol. The van der Waals surface area contributed by atoms with E-state index >= 15 is 0 Å². The van der Waals surface area contributed by atoms with Crippen molar-refractivity contribution in [1.82, 2.24) is 10.2 Å². The first-order valence-electron chi connectivity index (χ1n) is 6.93. The fourth-order valence-electron chi connectivity index (χ4n) is 2.74. The highest BCUT2D eigenvalue weighted by molar-refractivity contribution is 9.10. The lowest BCUT2D eigenvalue weighted by atomic mass is 10.0. The normalized spacial score (nSPS) is 20.0. The number of ether oxygens (including phenoxy) is 2. The number of fused-ring (bicyclic) bond motifs is 1. The van der Waals surface area contributed by atoms with Gasteiger partial charge in [-0.1, -0.05) is 0 Å². The number of aliphatic carboxylic acids is 1. The Morgan fingerprint density at radius 1 is 1.29 bits per heavy atom. The molecule has 21 heavy (non-hydrogen) atoms. The summed E-state index contributed by atoms with van der Waals surface area (Å²) in [5, 5.41) is 12.9. The fraction of sp³-hybridized carbons (Fsp3) is 0.500. The van der Waals surface area contributed by atoms with Crippen molar-refractivity contribution in [2.24, 2.45) is 0 Å². The molecule has 1 aromatic carbocycles. The predicted molar refractivity (Wildman–Crippen MR) is 80.0 cm³/mol. The van der Waals surface area contributed by atoms with E-state index in [4.69, 9.17) is 9.47 Å². The lowest BCUT2D eigenvalue weighted by molar-refractivity contribution is -0.143. The molecular formula is C14H17BrN2O4. The molecule has 0 radical (unpaired) electrons. The van der Waals surface area contributed by atoms with Crippen LogP contribution in [0.15, 0.2) is 16.6 Å². The van der Waals surface area contributed by atoms with Crippen LogP contribution in [0.1, 0.15) is 11.6 Å². The number of nitrogens with one attached hydrogen (secondary N) is 1. The highest BCUT2D eigenvalue weighted by atomic mass is 79.9. The Morgan fingerprint density at radius 3 is 2.71 bits per heavy atom. The van der Waals surface area contributed by atoms with Gasteiger partial charge in [-0.05, 0) is 33.6 Å². The van der Waals surface area contributed by atoms with Gasteiger partial charge < -0.3 is 19.9 Å². The van der Waals surface area contributed by atoms with E-state index < -0.39 is 12.0 Å². The third-order valence-corrected chi connectivity index (χ3v) is 4.27. The molecule has 2 N–H and O–H groups in total. The fourth-order valence-corrected chi connectivity index (χ4v) is 3.31. The van der Waals surface area contributed by atoms with Crippen molar-refractivity contribution in [3.05, 3.63) is 22.2 Å². The van der Waals surface area contributed by atoms with Crippen LogP contribution < -0.4 is 14.8 Å². The van der Waals surface area contributed by atoms with Crippen LogP contribution in [0.4, 0.5) is 0 Å². The number of hydrogen-bond donors (Lipinski definition) is 2. The Kier molecular flexibility index (Phi) is 4.32. The lowest BCUT2D eigenvalue weighted by Gasteiger charge is -2.33. The van der Waals surface area contributed by atoms with Crippen LogP contribution in [0.2, 0.25) is 0 Å². The number of carbonyl (C=O) groups is 1. The quantitative estimate of drug-likeness (QED) is 0.849. The van der Waals surface area contributed by atoms with E-state index in [1.807, 2.05) is 11.0 Å². The number of carboxylic acids is 1. The summed E-state index contributed by atoms with van der Waals surface area (Å²) in [5.41, 5.74) is 0.709. The summed E-state index contributed by atoms with van der Waals surface area (Å²) in [6.45, 7) is 4.01. The zero-order chi connectivity index (χ0) is 14.8. The molecule has 1 atom stereocenters. The third-order valence-electron chi connectivity index (χ3n) is 3.69. The minimum absolute atomic E-state index is 0.480. The van der Waals surface area contributed by atoms with Gasteiger partial charge >= 0.3 is 5.97 Å². The standard InChI is InChI=1S/C14H17BrN2O4/c15-10-7-9(8-11-13(10)21-6-5-20-11)12(14(18)19)17-3-1-16-2-4-17/h7-8,12,16H,1-6H2,(H,18,19). The van der Waals surface area contributed by atoms with Gasteiger partial charge in [0.2, 0.25) is 0 Å². The van der Waals surface area contributed by atoms with E-state index in [-0.39, 0.29) is 0 Å². The minimum Gasteiger partial charge on any atom is -0.486 e. The maximum atomic E-state index is 11.7. The van der Waals surface area contributed by atoms with Gasteiger partial charge in [0, 0.05) is 26.2 Å². The van der Waals surface area contributed by atoms with Crippen molar-refractivity contribution >= 4 is 21.9 Å². The van der Waals surface area contributed by atoms with Crippen LogP contribution in [0.3, 0.4) is 0 Å². The molecule has 0 aliphatic carbocycles. The number of nitrogens with zero attached hydrogens (tertiary/aromatic N) is 1. The Balaban J connectivity index is 1.95. The molecule has 2 heterocycles. The maximum absolute atomic E-state index is 11.7. The Bertz CT molecular complexity index is 546. The summed E-state index contributed by atoms with van der Waals surface area (Å²) in [4.78, 5) is 13.7. The van der Waals surface area contributed by atoms with Crippen molar-refractivity contribution in [3.8, 4) is 11.5 Å². The van der Waals surface area contributed by atoms with Crippen LogP contribution >= 0.6 is 15.9 Å². The van der Waals surface area contributed by atoms with Crippen molar-refractivity contribution in [1.29, 1.82) is 0 Å². The Morgan fingerprint density at radius 2 is 2.00 bits per heavy atom. The van der Waals surface area contributed by atoms with Crippen molar-refractivity contribution in [2.75, 3.05) is 39.4 Å². The van der Waals surface area contributed by atoms with E-state index in [9.17, 15) is 9.90 Å². The van der Waals surface area contributed by atoms with Gasteiger partial charge in [-0.15, -0.1) is 0 Å². The summed E-state index contributed by atoms with van der Waals surface area (Å²) >= 11 is 3.45. The summed E-state index contributed by atoms with van der Waals surface area (Å²) in [6, 6.07) is 2.92. The van der Waals surface area contributed by atoms with E-state index in [1.54, 1.807) is 6.07 Å². The molecule has 1 unspecified atom stereocenters. The summed E-state index contributed by atoms with van der Waals surface area (Å²) in [5.74, 6) is 0.405. The SMILES string of the molecule is O=C(O)C(c1cc(Br)c2c(c1)OCCO2)N1CCNCC1. The molecule has 3 rings (SSSR count). The van der Waals surface area contributed by atoms with Crippen LogP contribution in [0.5, 0.6) is 11.5 Å². The molecular weight excluding hydrogens is 340 g/mol. The Labute approximate surface area is 131 Å². The van der Waals surface area contributed by atoms with Gasteiger partial charge in [-0.3, -0.25) is 9.69 Å². The summed E-state index contributed by atoms with van der Waals surface area (Å²) in [7, 11) is 0. The molecule has 0 saturated carbocycles. The smallest absolute Gasteiger partial charge is 0.325 e. The monoisotopic (exact) mass is 356 g/mol. The van der Waals surface area contributed by atoms with E-state index in [0.29, 0.717) is 43.4 Å². The lowest BCUT2D eigenvalue weighted by Crippen LogP contribution is -2.47. The highest BCUT2D eigenvalue weighted by Crippen LogP contribution is 2.40. The topological polar surface area (TPSA) is 71.0 Å². The molecule has 1 fully saturated rings. The maximum Gasteiger partial charge on any atom is 0.325 e. The average Bonchev–Trinajstić information content (AvgIpc) is 2.48. The van der Waals surface area contributed by atoms with Crippen LogP contribution in [0.25, 0.3) is 0 Å². The highest BCUT2D eigenvalue weighted by Gasteiger charge is 2.30. The van der Waals surface area contributed by atoms with E-state index in [2.05, 4.69) is 21.2 Å². The zero-order valence-electron chi connectivity index (χ0n) is 11.5. The van der Waals surface area contributed by atoms with Gasteiger partial charge in [0.1, 0.15) is 19.3 Å². The molecule has 0 spiro atoms. The number of halogens is 1.